The predicted octanol–water partition coefficient (Wildman–Crippen LogP) is 1.92. The number of ether oxygens (including phenoxy) is 2. The van der Waals surface area contributed by atoms with Gasteiger partial charge in [0.25, 0.3) is 0 Å². The van der Waals surface area contributed by atoms with E-state index in [0.717, 1.165) is 36.4 Å². The van der Waals surface area contributed by atoms with Crippen LogP contribution >= 0.6 is 11.8 Å². The van der Waals surface area contributed by atoms with E-state index in [4.69, 9.17) is 9.47 Å². The highest BCUT2D eigenvalue weighted by atomic mass is 32.2. The van der Waals surface area contributed by atoms with Gasteiger partial charge in [0.05, 0.1) is 11.8 Å². The fourth-order valence-electron chi connectivity index (χ4n) is 3.39. The van der Waals surface area contributed by atoms with Crippen molar-refractivity contribution in [2.45, 2.75) is 37.5 Å². The number of hydrogen-bond acceptors (Lipinski definition) is 7. The van der Waals surface area contributed by atoms with Gasteiger partial charge < -0.3 is 14.4 Å². The first-order chi connectivity index (χ1) is 12.8. The van der Waals surface area contributed by atoms with E-state index in [2.05, 4.69) is 15.5 Å². The molecule has 2 aliphatic rings. The van der Waals surface area contributed by atoms with Gasteiger partial charge in [-0.25, -0.2) is 4.68 Å². The Balaban J connectivity index is 1.45. The summed E-state index contributed by atoms with van der Waals surface area (Å²) < 4.78 is 13.0. The highest BCUT2D eigenvalue weighted by molar-refractivity contribution is 7.99. The minimum absolute atomic E-state index is 0.0843. The van der Waals surface area contributed by atoms with E-state index in [9.17, 15) is 4.79 Å². The van der Waals surface area contributed by atoms with Crippen molar-refractivity contribution in [1.82, 2.24) is 25.1 Å². The van der Waals surface area contributed by atoms with Crippen LogP contribution in [0.4, 0.5) is 0 Å². The molecule has 1 saturated heterocycles. The number of hydrogen-bond donors (Lipinski definition) is 0. The van der Waals surface area contributed by atoms with Gasteiger partial charge in [-0.15, -0.1) is 5.10 Å². The van der Waals surface area contributed by atoms with Crippen molar-refractivity contribution in [1.29, 1.82) is 0 Å². The highest BCUT2D eigenvalue weighted by Crippen LogP contribution is 2.38. The van der Waals surface area contributed by atoms with E-state index in [1.165, 1.54) is 11.8 Å². The fraction of sp³-hybridized carbons (Fsp3) is 0.529. The van der Waals surface area contributed by atoms with Crippen LogP contribution in [-0.4, -0.2) is 56.5 Å². The Morgan fingerprint density at radius 2 is 2.15 bits per heavy atom. The molecule has 2 aliphatic heterocycles. The first-order valence-corrected chi connectivity index (χ1v) is 9.83. The second-order valence-electron chi connectivity index (χ2n) is 6.21. The summed E-state index contributed by atoms with van der Waals surface area (Å²) in [4.78, 5) is 14.7. The maximum Gasteiger partial charge on any atom is 0.233 e. The molecule has 1 aromatic heterocycles. The summed E-state index contributed by atoms with van der Waals surface area (Å²) >= 11 is 1.38. The molecular weight excluding hydrogens is 354 g/mol. The Bertz CT molecular complexity index is 796. The molecule has 0 aliphatic carbocycles. The molecule has 138 valence electrons. The van der Waals surface area contributed by atoms with Gasteiger partial charge in [-0.3, -0.25) is 4.79 Å². The average Bonchev–Trinajstić information content (AvgIpc) is 3.34. The summed E-state index contributed by atoms with van der Waals surface area (Å²) in [6.07, 6.45) is 1.96. The molecule has 1 fully saturated rings. The quantitative estimate of drug-likeness (QED) is 0.738. The summed E-state index contributed by atoms with van der Waals surface area (Å²) in [5.41, 5.74) is 1.10. The Kier molecular flexibility index (Phi) is 4.96. The van der Waals surface area contributed by atoms with Gasteiger partial charge in [0.1, 0.15) is 13.2 Å². The van der Waals surface area contributed by atoms with Crippen molar-refractivity contribution in [3.05, 3.63) is 23.8 Å². The molecule has 0 radical (unpaired) electrons. The number of amides is 1. The molecule has 2 aromatic rings. The number of benzene rings is 1. The summed E-state index contributed by atoms with van der Waals surface area (Å²) in [6, 6.07) is 6.07. The van der Waals surface area contributed by atoms with Crippen molar-refractivity contribution in [2.75, 3.05) is 25.5 Å². The summed E-state index contributed by atoms with van der Waals surface area (Å²) in [5.74, 6) is 1.99. The van der Waals surface area contributed by atoms with Crippen molar-refractivity contribution in [2.24, 2.45) is 0 Å². The molecule has 3 heterocycles. The standard InChI is InChI=1S/C17H21N5O3S/c1-2-22-17(18-19-20-22)26-11-16(23)21-7-3-4-13(21)12-5-6-14-15(10-12)25-9-8-24-14/h5-6,10,13H,2-4,7-9,11H2,1H3/t13-/m0/s1. The third-order valence-electron chi connectivity index (χ3n) is 4.65. The van der Waals surface area contributed by atoms with Crippen LogP contribution < -0.4 is 9.47 Å². The van der Waals surface area contributed by atoms with Crippen molar-refractivity contribution in [3.8, 4) is 11.5 Å². The molecular formula is C17H21N5O3S. The second-order valence-corrected chi connectivity index (χ2v) is 7.16. The summed E-state index contributed by atoms with van der Waals surface area (Å²) in [6.45, 7) is 4.58. The predicted molar refractivity (Wildman–Crippen MR) is 95.3 cm³/mol. The number of rotatable bonds is 5. The molecule has 1 amide bonds. The number of likely N-dealkylation sites (tertiary alicyclic amines) is 1. The number of carbonyl (C=O) groups is 1. The molecule has 1 aromatic carbocycles. The molecule has 4 rings (SSSR count). The van der Waals surface area contributed by atoms with Crippen LogP contribution in [0.5, 0.6) is 11.5 Å². The Hall–Kier alpha value is -2.29. The van der Waals surface area contributed by atoms with E-state index in [0.29, 0.717) is 30.7 Å². The number of carbonyl (C=O) groups excluding carboxylic acids is 1. The molecule has 0 bridgehead atoms. The van der Waals surface area contributed by atoms with E-state index >= 15 is 0 Å². The minimum atomic E-state index is 0.0843. The van der Waals surface area contributed by atoms with E-state index in [1.54, 1.807) is 4.68 Å². The van der Waals surface area contributed by atoms with Crippen LogP contribution in [0.2, 0.25) is 0 Å². The van der Waals surface area contributed by atoms with E-state index in [-0.39, 0.29) is 11.9 Å². The molecule has 8 nitrogen and oxygen atoms in total. The molecule has 26 heavy (non-hydrogen) atoms. The zero-order valence-electron chi connectivity index (χ0n) is 14.6. The molecule has 1 atom stereocenters. The zero-order chi connectivity index (χ0) is 17.9. The van der Waals surface area contributed by atoms with Crippen LogP contribution in [-0.2, 0) is 11.3 Å². The van der Waals surface area contributed by atoms with Gasteiger partial charge >= 0.3 is 0 Å². The maximum atomic E-state index is 12.8. The van der Waals surface area contributed by atoms with Gasteiger partial charge in [-0.1, -0.05) is 17.8 Å². The number of fused-ring (bicyclic) bond motifs is 1. The number of tetrazole rings is 1. The smallest absolute Gasteiger partial charge is 0.233 e. The van der Waals surface area contributed by atoms with Crippen molar-refractivity contribution < 1.29 is 14.3 Å². The average molecular weight is 375 g/mol. The lowest BCUT2D eigenvalue weighted by Crippen LogP contribution is -2.32. The Morgan fingerprint density at radius 1 is 1.31 bits per heavy atom. The van der Waals surface area contributed by atoms with Crippen LogP contribution in [0.3, 0.4) is 0 Å². The summed E-state index contributed by atoms with van der Waals surface area (Å²) in [5, 5.41) is 12.2. The van der Waals surface area contributed by atoms with Gasteiger partial charge in [0.2, 0.25) is 11.1 Å². The van der Waals surface area contributed by atoms with Crippen LogP contribution in [0.1, 0.15) is 31.4 Å². The van der Waals surface area contributed by atoms with Gasteiger partial charge in [-0.2, -0.15) is 0 Å². The maximum absolute atomic E-state index is 12.8. The molecule has 0 N–H and O–H groups in total. The Labute approximate surface area is 155 Å². The van der Waals surface area contributed by atoms with Crippen molar-refractivity contribution >= 4 is 17.7 Å². The lowest BCUT2D eigenvalue weighted by atomic mass is 10.0. The lowest BCUT2D eigenvalue weighted by Gasteiger charge is -2.26. The molecule has 0 saturated carbocycles. The first kappa shape index (κ1) is 17.1. The number of thioether (sulfide) groups is 1. The minimum Gasteiger partial charge on any atom is -0.486 e. The van der Waals surface area contributed by atoms with Gasteiger partial charge in [0, 0.05) is 13.1 Å². The topological polar surface area (TPSA) is 82.4 Å². The fourth-order valence-corrected chi connectivity index (χ4v) is 4.21. The zero-order valence-corrected chi connectivity index (χ0v) is 15.4. The molecule has 9 heteroatoms. The van der Waals surface area contributed by atoms with Crippen molar-refractivity contribution in [3.63, 3.8) is 0 Å². The number of aromatic nitrogens is 4. The lowest BCUT2D eigenvalue weighted by molar-refractivity contribution is -0.129. The van der Waals surface area contributed by atoms with Gasteiger partial charge in [0.15, 0.2) is 11.5 Å². The SMILES string of the molecule is CCn1nnnc1SCC(=O)N1CCC[C@H]1c1ccc2c(c1)OCCO2. The monoisotopic (exact) mass is 375 g/mol. The van der Waals surface area contributed by atoms with Crippen LogP contribution in [0.25, 0.3) is 0 Å². The number of nitrogens with zero attached hydrogens (tertiary/aromatic N) is 5. The Morgan fingerprint density at radius 3 is 3.00 bits per heavy atom. The van der Waals surface area contributed by atoms with E-state index < -0.39 is 0 Å². The van der Waals surface area contributed by atoms with Crippen LogP contribution in [0, 0.1) is 0 Å². The molecule has 0 spiro atoms. The third kappa shape index (κ3) is 3.35. The van der Waals surface area contributed by atoms with Crippen LogP contribution in [0.15, 0.2) is 23.4 Å². The first-order valence-electron chi connectivity index (χ1n) is 8.84. The molecule has 0 unspecified atom stereocenters. The third-order valence-corrected chi connectivity index (χ3v) is 5.59. The van der Waals surface area contributed by atoms with E-state index in [1.807, 2.05) is 30.0 Å². The highest BCUT2D eigenvalue weighted by Gasteiger charge is 2.31. The van der Waals surface area contributed by atoms with Gasteiger partial charge in [-0.05, 0) is 47.9 Å². The second kappa shape index (κ2) is 7.53. The number of aryl methyl sites for hydroxylation is 1. The summed E-state index contributed by atoms with van der Waals surface area (Å²) in [7, 11) is 0. The normalized spacial score (nSPS) is 19.0. The largest absolute Gasteiger partial charge is 0.486 e.